The lowest BCUT2D eigenvalue weighted by atomic mass is 9.92. The van der Waals surface area contributed by atoms with Gasteiger partial charge in [0.05, 0.1) is 5.56 Å². The summed E-state index contributed by atoms with van der Waals surface area (Å²) in [5.74, 6) is 0.319. The molecule has 1 amide bonds. The van der Waals surface area contributed by atoms with Crippen LogP contribution in [0.5, 0.6) is 5.75 Å². The van der Waals surface area contributed by atoms with Gasteiger partial charge in [-0.3, -0.25) is 4.79 Å². The van der Waals surface area contributed by atoms with Gasteiger partial charge in [-0.2, -0.15) is 13.2 Å². The number of amides is 1. The Morgan fingerprint density at radius 1 is 1.11 bits per heavy atom. The third-order valence-corrected chi connectivity index (χ3v) is 4.98. The van der Waals surface area contributed by atoms with Gasteiger partial charge >= 0.3 is 6.18 Å². The van der Waals surface area contributed by atoms with Gasteiger partial charge in [0.15, 0.2) is 6.10 Å². The lowest BCUT2D eigenvalue weighted by molar-refractivity contribution is -0.137. The molecule has 1 N–H and O–H groups in total. The van der Waals surface area contributed by atoms with Gasteiger partial charge in [0.25, 0.3) is 5.91 Å². The highest BCUT2D eigenvalue weighted by atomic mass is 19.4. The summed E-state index contributed by atoms with van der Waals surface area (Å²) in [5, 5.41) is 2.68. The molecule has 0 aromatic heterocycles. The van der Waals surface area contributed by atoms with Crippen molar-refractivity contribution in [2.45, 2.75) is 57.9 Å². The second-order valence-electron chi connectivity index (χ2n) is 7.07. The number of ether oxygens (including phenoxy) is 1. The third-order valence-electron chi connectivity index (χ3n) is 4.98. The molecule has 3 nitrogen and oxygen atoms in total. The average Bonchev–Trinajstić information content (AvgIpc) is 2.69. The van der Waals surface area contributed by atoms with Crippen molar-refractivity contribution in [1.82, 2.24) is 5.32 Å². The van der Waals surface area contributed by atoms with E-state index in [1.54, 1.807) is 6.07 Å². The van der Waals surface area contributed by atoms with Crippen LogP contribution in [-0.4, -0.2) is 12.0 Å². The Bertz CT molecular complexity index is 833. The van der Waals surface area contributed by atoms with Gasteiger partial charge in [-0.25, -0.2) is 0 Å². The second-order valence-corrected chi connectivity index (χ2v) is 7.07. The first-order valence-electron chi connectivity index (χ1n) is 9.59. The monoisotopic (exact) mass is 391 g/mol. The molecule has 0 saturated heterocycles. The van der Waals surface area contributed by atoms with Crippen molar-refractivity contribution in [1.29, 1.82) is 0 Å². The molecule has 1 aliphatic rings. The van der Waals surface area contributed by atoms with Crippen LogP contribution in [0.3, 0.4) is 0 Å². The second kappa shape index (κ2) is 8.67. The van der Waals surface area contributed by atoms with Gasteiger partial charge in [-0.05, 0) is 73.1 Å². The molecule has 0 bridgehead atoms. The number of aryl methyl sites for hydroxylation is 2. The largest absolute Gasteiger partial charge is 0.481 e. The number of hydrogen-bond acceptors (Lipinski definition) is 2. The summed E-state index contributed by atoms with van der Waals surface area (Å²) < 4.78 is 44.3. The Morgan fingerprint density at radius 2 is 1.86 bits per heavy atom. The lowest BCUT2D eigenvalue weighted by Crippen LogP contribution is -2.37. The van der Waals surface area contributed by atoms with Crippen molar-refractivity contribution in [3.63, 3.8) is 0 Å². The fourth-order valence-corrected chi connectivity index (χ4v) is 3.43. The van der Waals surface area contributed by atoms with E-state index in [0.717, 1.165) is 31.4 Å². The number of hydrogen-bond donors (Lipinski definition) is 1. The van der Waals surface area contributed by atoms with Gasteiger partial charge in [0.2, 0.25) is 0 Å². The molecule has 28 heavy (non-hydrogen) atoms. The molecule has 150 valence electrons. The Hall–Kier alpha value is -2.50. The molecular formula is C22H24F3NO2. The summed E-state index contributed by atoms with van der Waals surface area (Å²) in [7, 11) is 0. The number of benzene rings is 2. The maximum atomic E-state index is 12.8. The number of carbonyl (C=O) groups is 1. The van der Waals surface area contributed by atoms with Crippen LogP contribution in [0.25, 0.3) is 0 Å². The first kappa shape index (κ1) is 20.2. The summed E-state index contributed by atoms with van der Waals surface area (Å²) in [5.41, 5.74) is 2.27. The first-order chi connectivity index (χ1) is 13.4. The van der Waals surface area contributed by atoms with Crippen molar-refractivity contribution in [2.75, 3.05) is 0 Å². The Labute approximate surface area is 162 Å². The number of halogens is 3. The highest BCUT2D eigenvalue weighted by molar-refractivity contribution is 5.81. The summed E-state index contributed by atoms with van der Waals surface area (Å²) in [4.78, 5) is 12.5. The fourth-order valence-electron chi connectivity index (χ4n) is 3.43. The molecule has 1 atom stereocenters. The van der Waals surface area contributed by atoms with Crippen LogP contribution in [-0.2, 0) is 30.4 Å². The van der Waals surface area contributed by atoms with Crippen molar-refractivity contribution in [3.8, 4) is 5.75 Å². The molecule has 0 heterocycles. The van der Waals surface area contributed by atoms with Crippen LogP contribution in [0.15, 0.2) is 42.5 Å². The van der Waals surface area contributed by atoms with E-state index in [-0.39, 0.29) is 12.5 Å². The molecule has 0 radical (unpaired) electrons. The normalized spacial score (nSPS) is 14.9. The van der Waals surface area contributed by atoms with Crippen LogP contribution >= 0.6 is 0 Å². The number of carbonyl (C=O) groups excluding carboxylic acids is 1. The topological polar surface area (TPSA) is 38.3 Å². The molecule has 6 heteroatoms. The Balaban J connectivity index is 1.61. The summed E-state index contributed by atoms with van der Waals surface area (Å²) in [6, 6.07) is 10.9. The molecule has 2 aromatic carbocycles. The molecule has 0 spiro atoms. The fraction of sp³-hybridized carbons (Fsp3) is 0.409. The predicted molar refractivity (Wildman–Crippen MR) is 101 cm³/mol. The van der Waals surface area contributed by atoms with E-state index < -0.39 is 17.8 Å². The highest BCUT2D eigenvalue weighted by Gasteiger charge is 2.30. The summed E-state index contributed by atoms with van der Waals surface area (Å²) in [6.45, 7) is 1.86. The van der Waals surface area contributed by atoms with E-state index in [2.05, 4.69) is 11.4 Å². The molecule has 1 unspecified atom stereocenters. The molecule has 1 aliphatic carbocycles. The van der Waals surface area contributed by atoms with Crippen LogP contribution in [0.2, 0.25) is 0 Å². The van der Waals surface area contributed by atoms with Crippen molar-refractivity contribution in [3.05, 3.63) is 64.7 Å². The lowest BCUT2D eigenvalue weighted by Gasteiger charge is -2.20. The number of rotatable bonds is 6. The Kier molecular flexibility index (Phi) is 6.27. The van der Waals surface area contributed by atoms with Gasteiger partial charge < -0.3 is 10.1 Å². The van der Waals surface area contributed by atoms with Gasteiger partial charge in [0, 0.05) is 6.54 Å². The minimum atomic E-state index is -4.40. The molecule has 3 rings (SSSR count). The van der Waals surface area contributed by atoms with Crippen molar-refractivity contribution >= 4 is 5.91 Å². The molecule has 0 saturated carbocycles. The van der Waals surface area contributed by atoms with E-state index >= 15 is 0 Å². The van der Waals surface area contributed by atoms with Crippen LogP contribution in [0.4, 0.5) is 13.2 Å². The van der Waals surface area contributed by atoms with Crippen molar-refractivity contribution < 1.29 is 22.7 Å². The third kappa shape index (κ3) is 5.06. The number of alkyl halides is 3. The Morgan fingerprint density at radius 3 is 2.57 bits per heavy atom. The average molecular weight is 391 g/mol. The van der Waals surface area contributed by atoms with Gasteiger partial charge in [-0.1, -0.05) is 25.1 Å². The van der Waals surface area contributed by atoms with E-state index in [9.17, 15) is 18.0 Å². The SMILES string of the molecule is CCC(Oc1ccc2c(c1)CCCC2)C(=O)NCc1cccc(C(F)(F)F)c1. The molecule has 0 fully saturated rings. The highest BCUT2D eigenvalue weighted by Crippen LogP contribution is 2.29. The molecule has 2 aromatic rings. The zero-order valence-electron chi connectivity index (χ0n) is 15.8. The summed E-state index contributed by atoms with van der Waals surface area (Å²) in [6.07, 6.45) is -0.177. The maximum absolute atomic E-state index is 12.8. The first-order valence-corrected chi connectivity index (χ1v) is 9.59. The number of fused-ring (bicyclic) bond motifs is 1. The van der Waals surface area contributed by atoms with Crippen LogP contribution < -0.4 is 10.1 Å². The zero-order chi connectivity index (χ0) is 20.1. The summed E-state index contributed by atoms with van der Waals surface area (Å²) >= 11 is 0. The minimum absolute atomic E-state index is 0.0206. The standard InChI is InChI=1S/C22H24F3NO2/c1-2-20(28-19-11-10-16-7-3-4-8-17(16)13-19)21(27)26-14-15-6-5-9-18(12-15)22(23,24)25/h5-6,9-13,20H,2-4,7-8,14H2,1H3,(H,26,27). The maximum Gasteiger partial charge on any atom is 0.416 e. The van der Waals surface area contributed by atoms with E-state index in [4.69, 9.17) is 4.74 Å². The molecule has 0 aliphatic heterocycles. The quantitative estimate of drug-likeness (QED) is 0.748. The van der Waals surface area contributed by atoms with Crippen LogP contribution in [0.1, 0.15) is 48.4 Å². The van der Waals surface area contributed by atoms with E-state index in [1.165, 1.54) is 23.6 Å². The van der Waals surface area contributed by atoms with Crippen molar-refractivity contribution in [2.24, 2.45) is 0 Å². The number of nitrogens with one attached hydrogen (secondary N) is 1. The predicted octanol–water partition coefficient (Wildman–Crippen LogP) is 5.06. The minimum Gasteiger partial charge on any atom is -0.481 e. The smallest absolute Gasteiger partial charge is 0.416 e. The molecular weight excluding hydrogens is 367 g/mol. The van der Waals surface area contributed by atoms with Crippen LogP contribution in [0, 0.1) is 0 Å². The van der Waals surface area contributed by atoms with E-state index in [0.29, 0.717) is 17.7 Å². The van der Waals surface area contributed by atoms with Gasteiger partial charge in [0.1, 0.15) is 5.75 Å². The van der Waals surface area contributed by atoms with Gasteiger partial charge in [-0.15, -0.1) is 0 Å². The zero-order valence-corrected chi connectivity index (χ0v) is 15.8. The van der Waals surface area contributed by atoms with E-state index in [1.807, 2.05) is 19.1 Å².